The highest BCUT2D eigenvalue weighted by molar-refractivity contribution is 5.10. The molecule has 2 nitrogen and oxygen atoms in total. The molecule has 0 spiro atoms. The summed E-state index contributed by atoms with van der Waals surface area (Å²) in [5, 5.41) is 0. The third-order valence-corrected chi connectivity index (χ3v) is 2.98. The van der Waals surface area contributed by atoms with Crippen LogP contribution >= 0.6 is 0 Å². The second-order valence-electron chi connectivity index (χ2n) is 4.40. The van der Waals surface area contributed by atoms with Gasteiger partial charge in [0.15, 0.2) is 0 Å². The fourth-order valence-corrected chi connectivity index (χ4v) is 2.03. The Morgan fingerprint density at radius 1 is 1.33 bits per heavy atom. The number of unbranched alkanes of at least 4 members (excludes halogenated alkanes) is 1. The van der Waals surface area contributed by atoms with Crippen molar-refractivity contribution in [1.29, 1.82) is 0 Å². The Bertz CT molecular complexity index is 298. The molecule has 0 aliphatic heterocycles. The summed E-state index contributed by atoms with van der Waals surface area (Å²) < 4.78 is 17.4. The SMILES string of the molecule is CCCCC(C)(CCC)c1coc(F)n1. The van der Waals surface area contributed by atoms with Crippen molar-refractivity contribution in [2.45, 2.75) is 58.3 Å². The maximum absolute atomic E-state index is 12.7. The van der Waals surface area contributed by atoms with Crippen molar-refractivity contribution in [3.8, 4) is 0 Å². The molecule has 1 atom stereocenters. The van der Waals surface area contributed by atoms with E-state index in [-0.39, 0.29) is 5.41 Å². The second-order valence-corrected chi connectivity index (χ2v) is 4.40. The Labute approximate surface area is 90.9 Å². The third kappa shape index (κ3) is 3.05. The summed E-state index contributed by atoms with van der Waals surface area (Å²) in [6, 6.07) is 0. The Balaban J connectivity index is 2.79. The molecule has 0 radical (unpaired) electrons. The normalized spacial score (nSPS) is 15.2. The smallest absolute Gasteiger partial charge is 0.381 e. The first kappa shape index (κ1) is 12.2. The van der Waals surface area contributed by atoms with Crippen LogP contribution in [-0.2, 0) is 5.41 Å². The topological polar surface area (TPSA) is 26.0 Å². The lowest BCUT2D eigenvalue weighted by Crippen LogP contribution is -2.22. The van der Waals surface area contributed by atoms with Crippen LogP contribution in [0, 0.1) is 6.14 Å². The number of rotatable bonds is 6. The van der Waals surface area contributed by atoms with E-state index in [0.717, 1.165) is 37.8 Å². The predicted molar refractivity (Wildman–Crippen MR) is 58.2 cm³/mol. The summed E-state index contributed by atoms with van der Waals surface area (Å²) in [6.45, 7) is 6.44. The third-order valence-electron chi connectivity index (χ3n) is 2.98. The van der Waals surface area contributed by atoms with Crippen LogP contribution in [0.25, 0.3) is 0 Å². The molecule has 1 heterocycles. The molecule has 0 aliphatic rings. The van der Waals surface area contributed by atoms with E-state index in [1.54, 1.807) is 0 Å². The first-order valence-electron chi connectivity index (χ1n) is 5.74. The highest BCUT2D eigenvalue weighted by Gasteiger charge is 2.28. The molecule has 0 aliphatic carbocycles. The van der Waals surface area contributed by atoms with Gasteiger partial charge in [0.05, 0.1) is 5.69 Å². The van der Waals surface area contributed by atoms with Gasteiger partial charge in [-0.1, -0.05) is 40.0 Å². The molecule has 0 N–H and O–H groups in total. The molecule has 0 aromatic carbocycles. The van der Waals surface area contributed by atoms with Gasteiger partial charge in [-0.25, -0.2) is 0 Å². The number of hydrogen-bond acceptors (Lipinski definition) is 2. The van der Waals surface area contributed by atoms with Crippen molar-refractivity contribution < 1.29 is 8.81 Å². The van der Waals surface area contributed by atoms with E-state index >= 15 is 0 Å². The van der Waals surface area contributed by atoms with Gasteiger partial charge in [-0.05, 0) is 12.8 Å². The molecule has 0 fully saturated rings. The maximum Gasteiger partial charge on any atom is 0.381 e. The van der Waals surface area contributed by atoms with E-state index in [2.05, 4.69) is 30.2 Å². The van der Waals surface area contributed by atoms with Gasteiger partial charge in [0.25, 0.3) is 0 Å². The molecule has 86 valence electrons. The van der Waals surface area contributed by atoms with Gasteiger partial charge in [0.2, 0.25) is 0 Å². The lowest BCUT2D eigenvalue weighted by Gasteiger charge is -2.26. The van der Waals surface area contributed by atoms with Crippen molar-refractivity contribution in [2.24, 2.45) is 0 Å². The lowest BCUT2D eigenvalue weighted by atomic mass is 9.78. The first-order chi connectivity index (χ1) is 7.12. The molecule has 1 aromatic heterocycles. The van der Waals surface area contributed by atoms with Gasteiger partial charge in [-0.15, -0.1) is 4.39 Å². The van der Waals surface area contributed by atoms with Gasteiger partial charge in [-0.2, -0.15) is 4.98 Å². The quantitative estimate of drug-likeness (QED) is 0.712. The Kier molecular flexibility index (Phi) is 4.30. The van der Waals surface area contributed by atoms with E-state index in [4.69, 9.17) is 0 Å². The van der Waals surface area contributed by atoms with Crippen molar-refractivity contribution in [2.75, 3.05) is 0 Å². The van der Waals surface area contributed by atoms with Crippen LogP contribution in [0.1, 0.15) is 58.6 Å². The first-order valence-corrected chi connectivity index (χ1v) is 5.74. The van der Waals surface area contributed by atoms with Gasteiger partial charge in [0.1, 0.15) is 6.26 Å². The Morgan fingerprint density at radius 3 is 2.53 bits per heavy atom. The minimum Gasteiger partial charge on any atom is -0.423 e. The Hall–Kier alpha value is -0.860. The molecule has 0 bridgehead atoms. The van der Waals surface area contributed by atoms with Crippen LogP contribution in [0.5, 0.6) is 0 Å². The van der Waals surface area contributed by atoms with Crippen LogP contribution in [0.15, 0.2) is 10.7 Å². The van der Waals surface area contributed by atoms with Crippen LogP contribution in [-0.4, -0.2) is 4.98 Å². The zero-order valence-electron chi connectivity index (χ0n) is 9.85. The number of hydrogen-bond donors (Lipinski definition) is 0. The van der Waals surface area contributed by atoms with E-state index in [1.807, 2.05) is 0 Å². The lowest BCUT2D eigenvalue weighted by molar-refractivity contribution is 0.336. The van der Waals surface area contributed by atoms with Gasteiger partial charge >= 0.3 is 6.14 Å². The van der Waals surface area contributed by atoms with Gasteiger partial charge < -0.3 is 4.42 Å². The van der Waals surface area contributed by atoms with E-state index in [9.17, 15) is 4.39 Å². The average molecular weight is 213 g/mol. The molecule has 15 heavy (non-hydrogen) atoms. The van der Waals surface area contributed by atoms with Crippen LogP contribution < -0.4 is 0 Å². The van der Waals surface area contributed by atoms with E-state index < -0.39 is 6.14 Å². The number of aromatic nitrogens is 1. The summed E-state index contributed by atoms with van der Waals surface area (Å²) in [6.07, 6.45) is 6.19. The van der Waals surface area contributed by atoms with E-state index in [0.29, 0.717) is 0 Å². The van der Waals surface area contributed by atoms with Crippen LogP contribution in [0.2, 0.25) is 0 Å². The summed E-state index contributed by atoms with van der Waals surface area (Å²) >= 11 is 0. The molecule has 1 rings (SSSR count). The largest absolute Gasteiger partial charge is 0.423 e. The summed E-state index contributed by atoms with van der Waals surface area (Å²) in [7, 11) is 0. The second kappa shape index (κ2) is 5.29. The molecule has 0 saturated carbocycles. The Morgan fingerprint density at radius 2 is 2.07 bits per heavy atom. The van der Waals surface area contributed by atoms with Crippen molar-refractivity contribution in [3.63, 3.8) is 0 Å². The zero-order chi connectivity index (χ0) is 11.3. The predicted octanol–water partition coefficient (Wildman–Crippen LogP) is 4.06. The fraction of sp³-hybridized carbons (Fsp3) is 0.750. The highest BCUT2D eigenvalue weighted by atomic mass is 19.1. The minimum absolute atomic E-state index is 0.0292. The molecule has 3 heteroatoms. The summed E-state index contributed by atoms with van der Waals surface area (Å²) in [4.78, 5) is 3.82. The molecular formula is C12H20FNO. The van der Waals surface area contributed by atoms with Gasteiger partial charge in [0, 0.05) is 5.41 Å². The summed E-state index contributed by atoms with van der Waals surface area (Å²) in [5.74, 6) is 0. The van der Waals surface area contributed by atoms with Gasteiger partial charge in [-0.3, -0.25) is 0 Å². The molecular weight excluding hydrogens is 193 g/mol. The molecule has 1 aromatic rings. The standard InChI is InChI=1S/C12H20FNO/c1-4-6-8-12(3,7-5-2)10-9-15-11(13)14-10/h9H,4-8H2,1-3H3. The molecule has 0 saturated heterocycles. The number of halogens is 1. The fourth-order valence-electron chi connectivity index (χ4n) is 2.03. The minimum atomic E-state index is -0.719. The summed E-state index contributed by atoms with van der Waals surface area (Å²) in [5.41, 5.74) is 0.730. The number of nitrogens with zero attached hydrogens (tertiary/aromatic N) is 1. The monoisotopic (exact) mass is 213 g/mol. The number of oxazole rings is 1. The highest BCUT2D eigenvalue weighted by Crippen LogP contribution is 2.33. The van der Waals surface area contributed by atoms with Crippen molar-refractivity contribution >= 4 is 0 Å². The van der Waals surface area contributed by atoms with Crippen molar-refractivity contribution in [3.05, 3.63) is 18.1 Å². The van der Waals surface area contributed by atoms with Crippen LogP contribution in [0.4, 0.5) is 4.39 Å². The zero-order valence-corrected chi connectivity index (χ0v) is 9.85. The van der Waals surface area contributed by atoms with E-state index in [1.165, 1.54) is 6.26 Å². The maximum atomic E-state index is 12.7. The average Bonchev–Trinajstić information content (AvgIpc) is 2.63. The van der Waals surface area contributed by atoms with Crippen molar-refractivity contribution in [1.82, 2.24) is 4.98 Å². The molecule has 0 amide bonds. The van der Waals surface area contributed by atoms with Crippen LogP contribution in [0.3, 0.4) is 0 Å². The molecule has 1 unspecified atom stereocenters.